The summed E-state index contributed by atoms with van der Waals surface area (Å²) in [5, 5.41) is 12.8. The van der Waals surface area contributed by atoms with Gasteiger partial charge in [-0.15, -0.1) is 0 Å². The number of carboxylic acids is 1. The molecular formula is C11H13N3O5S. The molecule has 2 N–H and O–H groups in total. The average Bonchev–Trinajstić information content (AvgIpc) is 2.93. The summed E-state index contributed by atoms with van der Waals surface area (Å²) < 4.78 is 32.9. The maximum atomic E-state index is 12.1. The standard InChI is InChI=1S/C11H13N3O5S/c1-7-10(5-9(19-7)11(15)16)20(17,18)12-6-8-3-4-14(2)13-8/h3-5,12H,6H2,1-2H3,(H,15,16). The number of hydrogen-bond donors (Lipinski definition) is 2. The van der Waals surface area contributed by atoms with Crippen LogP contribution in [-0.2, 0) is 23.6 Å². The minimum Gasteiger partial charge on any atom is -0.475 e. The molecule has 0 aliphatic carbocycles. The summed E-state index contributed by atoms with van der Waals surface area (Å²) in [7, 11) is -2.13. The fraction of sp³-hybridized carbons (Fsp3) is 0.273. The molecule has 0 radical (unpaired) electrons. The molecule has 2 aromatic rings. The molecule has 2 aromatic heterocycles. The zero-order valence-corrected chi connectivity index (χ0v) is 11.6. The van der Waals surface area contributed by atoms with Gasteiger partial charge in [0, 0.05) is 19.3 Å². The summed E-state index contributed by atoms with van der Waals surface area (Å²) >= 11 is 0. The average molecular weight is 299 g/mol. The van der Waals surface area contributed by atoms with Crippen LogP contribution in [0.1, 0.15) is 22.0 Å². The second-order valence-corrected chi connectivity index (χ2v) is 5.88. The normalized spacial score (nSPS) is 11.7. The summed E-state index contributed by atoms with van der Waals surface area (Å²) in [5.74, 6) is -1.71. The number of aromatic nitrogens is 2. The number of nitrogens with zero attached hydrogens (tertiary/aromatic N) is 2. The van der Waals surface area contributed by atoms with E-state index in [2.05, 4.69) is 9.82 Å². The lowest BCUT2D eigenvalue weighted by Crippen LogP contribution is -2.23. The van der Waals surface area contributed by atoms with Crippen LogP contribution in [0.15, 0.2) is 27.6 Å². The first kappa shape index (κ1) is 14.3. The molecule has 20 heavy (non-hydrogen) atoms. The molecule has 0 aliphatic rings. The van der Waals surface area contributed by atoms with Crippen LogP contribution < -0.4 is 4.72 Å². The van der Waals surface area contributed by atoms with Crippen molar-refractivity contribution >= 4 is 16.0 Å². The fourth-order valence-corrected chi connectivity index (χ4v) is 2.82. The molecule has 2 heterocycles. The van der Waals surface area contributed by atoms with Crippen LogP contribution >= 0.6 is 0 Å². The predicted octanol–water partition coefficient (Wildman–Crippen LogP) is 0.498. The number of carboxylic acid groups (broad SMARTS) is 1. The monoisotopic (exact) mass is 299 g/mol. The van der Waals surface area contributed by atoms with Crippen LogP contribution in [-0.4, -0.2) is 29.3 Å². The second-order valence-electron chi connectivity index (χ2n) is 4.14. The van der Waals surface area contributed by atoms with Crippen molar-refractivity contribution in [1.82, 2.24) is 14.5 Å². The van der Waals surface area contributed by atoms with Gasteiger partial charge in [0.05, 0.1) is 12.2 Å². The molecule has 8 nitrogen and oxygen atoms in total. The van der Waals surface area contributed by atoms with Gasteiger partial charge < -0.3 is 9.52 Å². The first-order chi connectivity index (χ1) is 9.29. The Labute approximate surface area is 115 Å². The Morgan fingerprint density at radius 3 is 2.75 bits per heavy atom. The number of carbonyl (C=O) groups is 1. The molecule has 0 spiro atoms. The molecule has 108 valence electrons. The second kappa shape index (κ2) is 5.10. The molecule has 0 aliphatic heterocycles. The quantitative estimate of drug-likeness (QED) is 0.830. The van der Waals surface area contributed by atoms with E-state index < -0.39 is 21.8 Å². The number of sulfonamides is 1. The van der Waals surface area contributed by atoms with Gasteiger partial charge in [0.1, 0.15) is 10.7 Å². The molecule has 0 saturated heterocycles. The third-order valence-corrected chi connectivity index (χ3v) is 4.09. The van der Waals surface area contributed by atoms with Crippen LogP contribution in [0, 0.1) is 6.92 Å². The highest BCUT2D eigenvalue weighted by Gasteiger charge is 2.23. The number of rotatable bonds is 5. The highest BCUT2D eigenvalue weighted by atomic mass is 32.2. The Morgan fingerprint density at radius 2 is 2.25 bits per heavy atom. The van der Waals surface area contributed by atoms with Crippen LogP contribution in [0.4, 0.5) is 0 Å². The van der Waals surface area contributed by atoms with E-state index in [0.29, 0.717) is 5.69 Å². The first-order valence-electron chi connectivity index (χ1n) is 5.61. The van der Waals surface area contributed by atoms with E-state index in [1.165, 1.54) is 6.92 Å². The first-order valence-corrected chi connectivity index (χ1v) is 7.10. The van der Waals surface area contributed by atoms with Gasteiger partial charge in [0.2, 0.25) is 15.8 Å². The summed E-state index contributed by atoms with van der Waals surface area (Å²) in [5.41, 5.74) is 0.552. The van der Waals surface area contributed by atoms with Crippen molar-refractivity contribution in [1.29, 1.82) is 0 Å². The summed E-state index contributed by atoms with van der Waals surface area (Å²) in [6.45, 7) is 1.40. The van der Waals surface area contributed by atoms with E-state index in [0.717, 1.165) is 6.07 Å². The summed E-state index contributed by atoms with van der Waals surface area (Å²) in [4.78, 5) is 10.6. The number of furan rings is 1. The predicted molar refractivity (Wildman–Crippen MR) is 67.6 cm³/mol. The highest BCUT2D eigenvalue weighted by Crippen LogP contribution is 2.20. The van der Waals surface area contributed by atoms with Gasteiger partial charge in [-0.1, -0.05) is 0 Å². The van der Waals surface area contributed by atoms with Gasteiger partial charge in [-0.05, 0) is 13.0 Å². The largest absolute Gasteiger partial charge is 0.475 e. The molecule has 0 atom stereocenters. The van der Waals surface area contributed by atoms with E-state index in [4.69, 9.17) is 9.52 Å². The van der Waals surface area contributed by atoms with Crippen molar-refractivity contribution in [2.24, 2.45) is 7.05 Å². The minimum absolute atomic E-state index is 0.0101. The van der Waals surface area contributed by atoms with Crippen molar-refractivity contribution in [3.8, 4) is 0 Å². The molecule has 2 rings (SSSR count). The Balaban J connectivity index is 2.20. The van der Waals surface area contributed by atoms with E-state index in [9.17, 15) is 13.2 Å². The van der Waals surface area contributed by atoms with Crippen molar-refractivity contribution < 1.29 is 22.7 Å². The number of nitrogens with one attached hydrogen (secondary N) is 1. The Bertz CT molecular complexity index is 744. The molecular weight excluding hydrogens is 286 g/mol. The van der Waals surface area contributed by atoms with Crippen LogP contribution in [0.2, 0.25) is 0 Å². The number of hydrogen-bond acceptors (Lipinski definition) is 5. The smallest absolute Gasteiger partial charge is 0.371 e. The molecule has 0 unspecified atom stereocenters. The van der Waals surface area contributed by atoms with Crippen LogP contribution in [0.25, 0.3) is 0 Å². The zero-order valence-electron chi connectivity index (χ0n) is 10.8. The van der Waals surface area contributed by atoms with E-state index >= 15 is 0 Å². The molecule has 0 saturated carbocycles. The Hall–Kier alpha value is -2.13. The van der Waals surface area contributed by atoms with Gasteiger partial charge in [-0.3, -0.25) is 4.68 Å². The van der Waals surface area contributed by atoms with Gasteiger partial charge in [0.15, 0.2) is 0 Å². The zero-order chi connectivity index (χ0) is 14.9. The maximum absolute atomic E-state index is 12.1. The van der Waals surface area contributed by atoms with Crippen molar-refractivity contribution in [2.45, 2.75) is 18.4 Å². The van der Waals surface area contributed by atoms with Gasteiger partial charge in [-0.25, -0.2) is 17.9 Å². The molecule has 9 heteroatoms. The lowest BCUT2D eigenvalue weighted by Gasteiger charge is -2.03. The summed E-state index contributed by atoms with van der Waals surface area (Å²) in [6, 6.07) is 2.66. The Morgan fingerprint density at radius 1 is 1.55 bits per heavy atom. The molecule has 0 aromatic carbocycles. The lowest BCUT2D eigenvalue weighted by molar-refractivity contribution is 0.0661. The maximum Gasteiger partial charge on any atom is 0.371 e. The third-order valence-electron chi connectivity index (χ3n) is 2.58. The molecule has 0 amide bonds. The highest BCUT2D eigenvalue weighted by molar-refractivity contribution is 7.89. The topological polar surface area (TPSA) is 114 Å². The van der Waals surface area contributed by atoms with Crippen LogP contribution in [0.3, 0.4) is 0 Å². The van der Waals surface area contributed by atoms with E-state index in [1.807, 2.05) is 0 Å². The SMILES string of the molecule is Cc1oc(C(=O)O)cc1S(=O)(=O)NCc1ccn(C)n1. The van der Waals surface area contributed by atoms with Crippen molar-refractivity contribution in [2.75, 3.05) is 0 Å². The molecule has 0 fully saturated rings. The van der Waals surface area contributed by atoms with E-state index in [1.54, 1.807) is 24.0 Å². The fourth-order valence-electron chi connectivity index (χ4n) is 1.64. The van der Waals surface area contributed by atoms with Gasteiger partial charge >= 0.3 is 5.97 Å². The number of aromatic carboxylic acids is 1. The summed E-state index contributed by atoms with van der Waals surface area (Å²) in [6.07, 6.45) is 1.69. The van der Waals surface area contributed by atoms with Crippen LogP contribution in [0.5, 0.6) is 0 Å². The van der Waals surface area contributed by atoms with Gasteiger partial charge in [0.25, 0.3) is 0 Å². The lowest BCUT2D eigenvalue weighted by atomic mass is 10.4. The minimum atomic E-state index is -3.85. The van der Waals surface area contributed by atoms with Crippen molar-refractivity contribution in [3.63, 3.8) is 0 Å². The Kier molecular flexibility index (Phi) is 3.64. The third kappa shape index (κ3) is 2.89. The van der Waals surface area contributed by atoms with Crippen molar-refractivity contribution in [3.05, 3.63) is 35.5 Å². The van der Waals surface area contributed by atoms with E-state index in [-0.39, 0.29) is 17.2 Å². The van der Waals surface area contributed by atoms with Gasteiger partial charge in [-0.2, -0.15) is 5.10 Å². The number of aryl methyl sites for hydroxylation is 2. The molecule has 0 bridgehead atoms.